The number of carbonyl (C=O) groups is 2. The molecule has 1 aromatic carbocycles. The van der Waals surface area contributed by atoms with Gasteiger partial charge in [0, 0.05) is 12.8 Å². The molecule has 108 valence electrons. The van der Waals surface area contributed by atoms with Crippen molar-refractivity contribution < 1.29 is 19.8 Å². The number of phenols is 1. The van der Waals surface area contributed by atoms with Crippen molar-refractivity contribution in [2.75, 3.05) is 13.1 Å². The number of carbonyl (C=O) groups excluding carboxylic acids is 1. The van der Waals surface area contributed by atoms with Crippen LogP contribution in [-0.2, 0) is 16.0 Å². The van der Waals surface area contributed by atoms with Crippen LogP contribution in [0.4, 0.5) is 0 Å². The molecule has 1 saturated heterocycles. The first-order valence-corrected chi connectivity index (χ1v) is 6.55. The topological polar surface area (TPSA) is 98.7 Å². The highest BCUT2D eigenvalue weighted by Crippen LogP contribution is 2.12. The molecule has 1 atom stereocenters. The number of carboxylic acids is 1. The van der Waals surface area contributed by atoms with Crippen LogP contribution in [0, 0.1) is 5.92 Å². The van der Waals surface area contributed by atoms with Crippen LogP contribution in [0.2, 0.25) is 0 Å². The highest BCUT2D eigenvalue weighted by atomic mass is 16.4. The van der Waals surface area contributed by atoms with Crippen LogP contribution in [-0.4, -0.2) is 41.2 Å². The lowest BCUT2D eigenvalue weighted by molar-refractivity contribution is -0.142. The summed E-state index contributed by atoms with van der Waals surface area (Å²) in [7, 11) is 0. The zero-order valence-corrected chi connectivity index (χ0v) is 11.0. The Bertz CT molecular complexity index is 482. The minimum Gasteiger partial charge on any atom is -0.508 e. The summed E-state index contributed by atoms with van der Waals surface area (Å²) in [5, 5.41) is 24.0. The van der Waals surface area contributed by atoms with Gasteiger partial charge in [0.25, 0.3) is 0 Å². The number of aliphatic carboxylic acids is 1. The summed E-state index contributed by atoms with van der Waals surface area (Å²) in [5.74, 6) is -0.860. The summed E-state index contributed by atoms with van der Waals surface area (Å²) < 4.78 is 0. The van der Waals surface area contributed by atoms with Crippen molar-refractivity contribution >= 4 is 11.9 Å². The molecule has 4 N–H and O–H groups in total. The molecule has 1 aromatic rings. The van der Waals surface area contributed by atoms with E-state index in [0.717, 1.165) is 18.7 Å². The Morgan fingerprint density at radius 3 is 2.45 bits per heavy atom. The van der Waals surface area contributed by atoms with Gasteiger partial charge < -0.3 is 20.8 Å². The number of carboxylic acid groups (broad SMARTS) is 1. The maximum absolute atomic E-state index is 11.8. The smallest absolute Gasteiger partial charge is 0.326 e. The summed E-state index contributed by atoms with van der Waals surface area (Å²) in [4.78, 5) is 23.0. The molecular weight excluding hydrogens is 260 g/mol. The van der Waals surface area contributed by atoms with Crippen LogP contribution in [0.3, 0.4) is 0 Å². The molecule has 6 nitrogen and oxygen atoms in total. The van der Waals surface area contributed by atoms with Gasteiger partial charge in [0.05, 0.1) is 0 Å². The third-order valence-electron chi connectivity index (χ3n) is 3.35. The van der Waals surface area contributed by atoms with Gasteiger partial charge >= 0.3 is 5.97 Å². The Balaban J connectivity index is 1.90. The number of hydrogen-bond donors (Lipinski definition) is 4. The summed E-state index contributed by atoms with van der Waals surface area (Å²) in [6.07, 6.45) is 0.552. The third-order valence-corrected chi connectivity index (χ3v) is 3.35. The number of hydrogen-bond acceptors (Lipinski definition) is 4. The van der Waals surface area contributed by atoms with Gasteiger partial charge in [-0.25, -0.2) is 4.79 Å². The van der Waals surface area contributed by atoms with Crippen LogP contribution in [0.25, 0.3) is 0 Å². The standard InChI is InChI=1S/C14H18N2O4/c17-11-3-1-9(2-4-11)5-12(14(19)20)16-13(18)6-10-7-15-8-10/h1-4,10,12,15,17H,5-8H2,(H,16,18)(H,19,20). The largest absolute Gasteiger partial charge is 0.508 e. The second-order valence-corrected chi connectivity index (χ2v) is 5.06. The minimum atomic E-state index is -1.06. The summed E-state index contributed by atoms with van der Waals surface area (Å²) >= 11 is 0. The number of amides is 1. The highest BCUT2D eigenvalue weighted by molar-refractivity contribution is 5.83. The quantitative estimate of drug-likeness (QED) is 0.592. The number of aromatic hydroxyl groups is 1. The average molecular weight is 278 g/mol. The van der Waals surface area contributed by atoms with Gasteiger partial charge in [-0.2, -0.15) is 0 Å². The molecule has 0 spiro atoms. The Labute approximate surface area is 116 Å². The monoisotopic (exact) mass is 278 g/mol. The number of benzene rings is 1. The molecule has 0 aromatic heterocycles. The molecule has 1 aliphatic heterocycles. The van der Waals surface area contributed by atoms with Crippen molar-refractivity contribution in [1.29, 1.82) is 0 Å². The molecule has 0 saturated carbocycles. The van der Waals surface area contributed by atoms with Gasteiger partial charge in [-0.15, -0.1) is 0 Å². The van der Waals surface area contributed by atoms with Crippen LogP contribution in [0.5, 0.6) is 5.75 Å². The van der Waals surface area contributed by atoms with E-state index in [1.807, 2.05) is 0 Å². The fourth-order valence-electron chi connectivity index (χ4n) is 2.08. The predicted molar refractivity (Wildman–Crippen MR) is 72.4 cm³/mol. The van der Waals surface area contributed by atoms with E-state index in [4.69, 9.17) is 5.11 Å². The zero-order valence-electron chi connectivity index (χ0n) is 11.0. The Hall–Kier alpha value is -2.08. The Morgan fingerprint density at radius 2 is 1.95 bits per heavy atom. The first kappa shape index (κ1) is 14.3. The van der Waals surface area contributed by atoms with E-state index < -0.39 is 12.0 Å². The van der Waals surface area contributed by atoms with Crippen molar-refractivity contribution in [3.8, 4) is 5.75 Å². The lowest BCUT2D eigenvalue weighted by Gasteiger charge is -2.27. The predicted octanol–water partition coefficient (Wildman–Crippen LogP) is 0.114. The summed E-state index contributed by atoms with van der Waals surface area (Å²) in [5.41, 5.74) is 0.751. The minimum absolute atomic E-state index is 0.127. The number of nitrogens with one attached hydrogen (secondary N) is 2. The van der Waals surface area contributed by atoms with Crippen LogP contribution < -0.4 is 10.6 Å². The summed E-state index contributed by atoms with van der Waals surface area (Å²) in [6, 6.07) is 5.34. The number of phenolic OH excluding ortho intramolecular Hbond substituents is 1. The van der Waals surface area contributed by atoms with Crippen LogP contribution >= 0.6 is 0 Å². The normalized spacial score (nSPS) is 16.2. The van der Waals surface area contributed by atoms with E-state index in [1.54, 1.807) is 12.1 Å². The Kier molecular flexibility index (Phi) is 4.57. The molecule has 1 heterocycles. The molecule has 0 bridgehead atoms. The SMILES string of the molecule is O=C(CC1CNC1)NC(Cc1ccc(O)cc1)C(=O)O. The van der Waals surface area contributed by atoms with E-state index in [-0.39, 0.29) is 18.1 Å². The van der Waals surface area contributed by atoms with Crippen LogP contribution in [0.1, 0.15) is 12.0 Å². The molecule has 2 rings (SSSR count). The van der Waals surface area contributed by atoms with E-state index in [0.29, 0.717) is 12.3 Å². The summed E-state index contributed by atoms with van der Waals surface area (Å²) in [6.45, 7) is 1.62. The van der Waals surface area contributed by atoms with E-state index >= 15 is 0 Å². The molecule has 0 aliphatic carbocycles. The van der Waals surface area contributed by atoms with E-state index in [1.165, 1.54) is 12.1 Å². The molecule has 0 radical (unpaired) electrons. The second kappa shape index (κ2) is 6.38. The number of rotatable bonds is 6. The van der Waals surface area contributed by atoms with Gasteiger partial charge in [0.15, 0.2) is 0 Å². The third kappa shape index (κ3) is 3.96. The maximum Gasteiger partial charge on any atom is 0.326 e. The van der Waals surface area contributed by atoms with Gasteiger partial charge in [-0.05, 0) is 36.7 Å². The Morgan fingerprint density at radius 1 is 1.30 bits per heavy atom. The molecule has 6 heteroatoms. The second-order valence-electron chi connectivity index (χ2n) is 5.06. The van der Waals surface area contributed by atoms with Gasteiger partial charge in [-0.1, -0.05) is 12.1 Å². The molecule has 1 unspecified atom stereocenters. The van der Waals surface area contributed by atoms with E-state index in [9.17, 15) is 14.7 Å². The first-order chi connectivity index (χ1) is 9.54. The van der Waals surface area contributed by atoms with E-state index in [2.05, 4.69) is 10.6 Å². The fourth-order valence-corrected chi connectivity index (χ4v) is 2.08. The van der Waals surface area contributed by atoms with Crippen LogP contribution in [0.15, 0.2) is 24.3 Å². The first-order valence-electron chi connectivity index (χ1n) is 6.55. The van der Waals surface area contributed by atoms with Gasteiger partial charge in [-0.3, -0.25) is 4.79 Å². The molecule has 1 fully saturated rings. The van der Waals surface area contributed by atoms with Gasteiger partial charge in [0.2, 0.25) is 5.91 Å². The lowest BCUT2D eigenvalue weighted by Crippen LogP contribution is -2.47. The fraction of sp³-hybridized carbons (Fsp3) is 0.429. The maximum atomic E-state index is 11.8. The average Bonchev–Trinajstić information content (AvgIpc) is 2.35. The molecular formula is C14H18N2O4. The molecule has 20 heavy (non-hydrogen) atoms. The zero-order chi connectivity index (χ0) is 14.5. The van der Waals surface area contributed by atoms with Crippen molar-refractivity contribution in [2.45, 2.75) is 18.9 Å². The van der Waals surface area contributed by atoms with Crippen molar-refractivity contribution in [1.82, 2.24) is 10.6 Å². The highest BCUT2D eigenvalue weighted by Gasteiger charge is 2.24. The van der Waals surface area contributed by atoms with Crippen molar-refractivity contribution in [3.05, 3.63) is 29.8 Å². The lowest BCUT2D eigenvalue weighted by atomic mass is 9.98. The molecule has 1 amide bonds. The molecule has 1 aliphatic rings. The van der Waals surface area contributed by atoms with Crippen molar-refractivity contribution in [3.63, 3.8) is 0 Å². The van der Waals surface area contributed by atoms with Crippen molar-refractivity contribution in [2.24, 2.45) is 5.92 Å². The van der Waals surface area contributed by atoms with Gasteiger partial charge in [0.1, 0.15) is 11.8 Å².